The number of fused-ring (bicyclic) bond motifs is 2. The van der Waals surface area contributed by atoms with Gasteiger partial charge in [0.05, 0.1) is 21.8 Å². The number of benzene rings is 2. The van der Waals surface area contributed by atoms with Gasteiger partial charge in [0.1, 0.15) is 5.75 Å². The first-order valence-corrected chi connectivity index (χ1v) is 11.0. The molecule has 1 N–H and O–H groups in total. The van der Waals surface area contributed by atoms with Crippen LogP contribution in [0.25, 0.3) is 10.9 Å². The van der Waals surface area contributed by atoms with Gasteiger partial charge in [-0.25, -0.2) is 4.98 Å². The summed E-state index contributed by atoms with van der Waals surface area (Å²) in [5.74, 6) is 0.112. The molecule has 0 fully saturated rings. The number of aromatic nitrogens is 2. The average Bonchev–Trinajstić information content (AvgIpc) is 2.72. The van der Waals surface area contributed by atoms with Gasteiger partial charge in [0.2, 0.25) is 0 Å². The van der Waals surface area contributed by atoms with Crippen molar-refractivity contribution in [1.82, 2.24) is 9.55 Å². The standard InChI is InChI=1S/C22H20ClN3O4S/c1-11(2)26-21(29)15-6-5-14(23)9-16(15)25-22(26)31-12(3)20(28)13-4-7-18-17(8-13)24-19(27)10-30-18/h4-9,11-12H,10H2,1-3H3,(H,24,27). The van der Waals surface area contributed by atoms with Crippen molar-refractivity contribution in [3.63, 3.8) is 0 Å². The highest BCUT2D eigenvalue weighted by molar-refractivity contribution is 8.00. The molecule has 0 aliphatic carbocycles. The lowest BCUT2D eigenvalue weighted by molar-refractivity contribution is -0.118. The maximum atomic E-state index is 13.1. The molecule has 1 aromatic heterocycles. The van der Waals surface area contributed by atoms with E-state index in [9.17, 15) is 14.4 Å². The van der Waals surface area contributed by atoms with Crippen molar-refractivity contribution in [3.8, 4) is 5.75 Å². The summed E-state index contributed by atoms with van der Waals surface area (Å²) in [7, 11) is 0. The van der Waals surface area contributed by atoms with E-state index in [2.05, 4.69) is 10.3 Å². The zero-order valence-electron chi connectivity index (χ0n) is 17.1. The van der Waals surface area contributed by atoms with Crippen LogP contribution in [0, 0.1) is 0 Å². The summed E-state index contributed by atoms with van der Waals surface area (Å²) >= 11 is 7.30. The van der Waals surface area contributed by atoms with Gasteiger partial charge in [-0.05, 0) is 57.2 Å². The van der Waals surface area contributed by atoms with Crippen LogP contribution in [0.15, 0.2) is 46.3 Å². The van der Waals surface area contributed by atoms with E-state index < -0.39 is 5.25 Å². The molecule has 1 aliphatic rings. The second-order valence-electron chi connectivity index (χ2n) is 7.50. The number of rotatable bonds is 5. The monoisotopic (exact) mass is 457 g/mol. The smallest absolute Gasteiger partial charge is 0.262 e. The fourth-order valence-corrected chi connectivity index (χ4v) is 4.66. The predicted molar refractivity (Wildman–Crippen MR) is 122 cm³/mol. The number of anilines is 1. The average molecular weight is 458 g/mol. The predicted octanol–water partition coefficient (Wildman–Crippen LogP) is 4.33. The molecular weight excluding hydrogens is 438 g/mol. The molecule has 0 saturated heterocycles. The lowest BCUT2D eigenvalue weighted by Gasteiger charge is -2.20. The largest absolute Gasteiger partial charge is 0.482 e. The van der Waals surface area contributed by atoms with Crippen LogP contribution < -0.4 is 15.6 Å². The van der Waals surface area contributed by atoms with Crippen molar-refractivity contribution in [2.45, 2.75) is 37.2 Å². The van der Waals surface area contributed by atoms with E-state index >= 15 is 0 Å². The minimum absolute atomic E-state index is 0.0447. The molecule has 2 heterocycles. The van der Waals surface area contributed by atoms with Crippen molar-refractivity contribution in [2.24, 2.45) is 0 Å². The topological polar surface area (TPSA) is 90.3 Å². The molecule has 2 aromatic carbocycles. The molecule has 31 heavy (non-hydrogen) atoms. The van der Waals surface area contributed by atoms with Crippen LogP contribution in [-0.2, 0) is 4.79 Å². The molecule has 0 spiro atoms. The fourth-order valence-electron chi connectivity index (χ4n) is 3.37. The number of hydrogen-bond donors (Lipinski definition) is 1. The highest BCUT2D eigenvalue weighted by Crippen LogP contribution is 2.32. The summed E-state index contributed by atoms with van der Waals surface area (Å²) in [5.41, 5.74) is 1.22. The number of ketones is 1. The van der Waals surface area contributed by atoms with Crippen molar-refractivity contribution in [1.29, 1.82) is 0 Å². The Balaban J connectivity index is 1.68. The van der Waals surface area contributed by atoms with E-state index in [1.165, 1.54) is 11.8 Å². The van der Waals surface area contributed by atoms with Crippen molar-refractivity contribution in [3.05, 3.63) is 57.3 Å². The Morgan fingerprint density at radius 1 is 1.19 bits per heavy atom. The van der Waals surface area contributed by atoms with Gasteiger partial charge in [-0.2, -0.15) is 0 Å². The Bertz CT molecular complexity index is 1270. The van der Waals surface area contributed by atoms with Crippen molar-refractivity contribution >= 4 is 51.6 Å². The van der Waals surface area contributed by atoms with Gasteiger partial charge >= 0.3 is 0 Å². The third-order valence-electron chi connectivity index (χ3n) is 4.90. The third kappa shape index (κ3) is 4.18. The molecule has 1 unspecified atom stereocenters. The number of hydrogen-bond acceptors (Lipinski definition) is 6. The van der Waals surface area contributed by atoms with Crippen molar-refractivity contribution < 1.29 is 14.3 Å². The maximum absolute atomic E-state index is 13.1. The SMILES string of the molecule is CC(Sc1nc2cc(Cl)ccc2c(=O)n1C(C)C)C(=O)c1ccc2c(c1)NC(=O)CO2. The molecular formula is C22H20ClN3O4S. The van der Waals surface area contributed by atoms with E-state index in [4.69, 9.17) is 16.3 Å². The molecule has 7 nitrogen and oxygen atoms in total. The van der Waals surface area contributed by atoms with Gasteiger partial charge in [0.15, 0.2) is 17.5 Å². The number of ether oxygens (including phenoxy) is 1. The number of carbonyl (C=O) groups is 2. The first-order chi connectivity index (χ1) is 14.7. The van der Waals surface area contributed by atoms with Crippen LogP contribution in [0.5, 0.6) is 5.75 Å². The van der Waals surface area contributed by atoms with Crippen LogP contribution in [0.4, 0.5) is 5.69 Å². The van der Waals surface area contributed by atoms with Crippen LogP contribution in [0.2, 0.25) is 5.02 Å². The van der Waals surface area contributed by atoms with Crippen LogP contribution >= 0.6 is 23.4 Å². The minimum atomic E-state index is -0.521. The molecule has 9 heteroatoms. The first kappa shape index (κ1) is 21.4. The molecule has 0 radical (unpaired) electrons. The van der Waals surface area contributed by atoms with Gasteiger partial charge in [0, 0.05) is 16.6 Å². The number of Topliss-reactive ketones (excluding diaryl/α,β-unsaturated/α-hetero) is 1. The molecule has 3 aromatic rings. The summed E-state index contributed by atoms with van der Waals surface area (Å²) in [6.07, 6.45) is 0. The summed E-state index contributed by atoms with van der Waals surface area (Å²) < 4.78 is 6.93. The zero-order valence-corrected chi connectivity index (χ0v) is 18.7. The Labute approximate surface area is 187 Å². The fraction of sp³-hybridized carbons (Fsp3) is 0.273. The van der Waals surface area contributed by atoms with Gasteiger partial charge in [-0.3, -0.25) is 19.0 Å². The number of amides is 1. The lowest BCUT2D eigenvalue weighted by atomic mass is 10.1. The molecule has 0 saturated carbocycles. The summed E-state index contributed by atoms with van der Waals surface area (Å²) in [6.45, 7) is 5.51. The quantitative estimate of drug-likeness (QED) is 0.348. The summed E-state index contributed by atoms with van der Waals surface area (Å²) in [6, 6.07) is 9.77. The van der Waals surface area contributed by atoms with E-state index in [1.54, 1.807) is 47.9 Å². The minimum Gasteiger partial charge on any atom is -0.482 e. The normalized spacial score (nSPS) is 14.2. The maximum Gasteiger partial charge on any atom is 0.262 e. The highest BCUT2D eigenvalue weighted by atomic mass is 35.5. The van der Waals surface area contributed by atoms with Crippen molar-refractivity contribution in [2.75, 3.05) is 11.9 Å². The number of nitrogens with zero attached hydrogens (tertiary/aromatic N) is 2. The van der Waals surface area contributed by atoms with Gasteiger partial charge in [0.25, 0.3) is 11.5 Å². The Morgan fingerprint density at radius 2 is 1.97 bits per heavy atom. The number of carbonyl (C=O) groups excluding carboxylic acids is 2. The molecule has 1 atom stereocenters. The first-order valence-electron chi connectivity index (χ1n) is 9.74. The van der Waals surface area contributed by atoms with Crippen LogP contribution in [0.1, 0.15) is 37.2 Å². The number of nitrogens with one attached hydrogen (secondary N) is 1. The van der Waals surface area contributed by atoms with Crippen LogP contribution in [0.3, 0.4) is 0 Å². The van der Waals surface area contributed by atoms with Gasteiger partial charge < -0.3 is 10.1 Å². The number of halogens is 1. The van der Waals surface area contributed by atoms with Gasteiger partial charge in [-0.1, -0.05) is 23.4 Å². The second kappa shape index (κ2) is 8.36. The van der Waals surface area contributed by atoms with Gasteiger partial charge in [-0.15, -0.1) is 0 Å². The Morgan fingerprint density at radius 3 is 2.71 bits per heavy atom. The van der Waals surface area contributed by atoms with E-state index in [0.717, 1.165) is 0 Å². The number of thioether (sulfide) groups is 1. The molecule has 4 rings (SSSR count). The summed E-state index contributed by atoms with van der Waals surface area (Å²) in [5, 5.41) is 3.60. The molecule has 160 valence electrons. The van der Waals surface area contributed by atoms with Crippen LogP contribution in [-0.4, -0.2) is 33.1 Å². The lowest BCUT2D eigenvalue weighted by Crippen LogP contribution is -2.27. The van der Waals surface area contributed by atoms with E-state index in [0.29, 0.717) is 38.1 Å². The van der Waals surface area contributed by atoms with E-state index in [1.807, 2.05) is 13.8 Å². The second-order valence-corrected chi connectivity index (χ2v) is 9.24. The highest BCUT2D eigenvalue weighted by Gasteiger charge is 2.24. The third-order valence-corrected chi connectivity index (χ3v) is 6.20. The van der Waals surface area contributed by atoms with E-state index in [-0.39, 0.29) is 29.9 Å². The molecule has 1 amide bonds. The molecule has 0 bridgehead atoms. The molecule has 1 aliphatic heterocycles. The Hall–Kier alpha value is -2.84. The summed E-state index contributed by atoms with van der Waals surface area (Å²) in [4.78, 5) is 42.3. The zero-order chi connectivity index (χ0) is 22.3. The Kier molecular flexibility index (Phi) is 5.77.